The summed E-state index contributed by atoms with van der Waals surface area (Å²) in [5.41, 5.74) is 4.72. The molecule has 0 saturated carbocycles. The maximum atomic E-state index is 12.6. The molecule has 1 heterocycles. The monoisotopic (exact) mass is 415 g/mol. The Balaban J connectivity index is 1.65. The molecule has 3 aromatic rings. The van der Waals surface area contributed by atoms with E-state index in [1.54, 1.807) is 0 Å². The molecular formula is C27H33N3O. The summed E-state index contributed by atoms with van der Waals surface area (Å²) in [5, 5.41) is 6.14. The van der Waals surface area contributed by atoms with Gasteiger partial charge in [0.15, 0.2) is 0 Å². The van der Waals surface area contributed by atoms with Gasteiger partial charge in [0.25, 0.3) is 5.91 Å². The van der Waals surface area contributed by atoms with Crippen LogP contribution < -0.4 is 10.2 Å². The molecular weight excluding hydrogens is 382 g/mol. The van der Waals surface area contributed by atoms with Crippen LogP contribution in [0.2, 0.25) is 0 Å². The Morgan fingerprint density at radius 2 is 1.71 bits per heavy atom. The van der Waals surface area contributed by atoms with Crippen LogP contribution in [-0.2, 0) is 6.42 Å². The van der Waals surface area contributed by atoms with Crippen molar-refractivity contribution in [1.82, 2.24) is 10.2 Å². The van der Waals surface area contributed by atoms with Gasteiger partial charge in [0, 0.05) is 49.4 Å². The zero-order chi connectivity index (χ0) is 21.6. The number of amides is 1. The number of nitrogens with zero attached hydrogens (tertiary/aromatic N) is 2. The lowest BCUT2D eigenvalue weighted by Gasteiger charge is -2.27. The molecule has 31 heavy (non-hydrogen) atoms. The largest absolute Gasteiger partial charge is 0.369 e. The Labute approximate surface area is 185 Å². The zero-order valence-electron chi connectivity index (χ0n) is 18.7. The first-order valence-electron chi connectivity index (χ1n) is 11.6. The quantitative estimate of drug-likeness (QED) is 0.633. The molecule has 0 aliphatic carbocycles. The van der Waals surface area contributed by atoms with Gasteiger partial charge in [0.2, 0.25) is 0 Å². The molecule has 0 aromatic heterocycles. The normalized spacial score (nSPS) is 14.5. The smallest absolute Gasteiger partial charge is 0.253 e. The van der Waals surface area contributed by atoms with Crippen LogP contribution in [0.1, 0.15) is 41.8 Å². The lowest BCUT2D eigenvalue weighted by Crippen LogP contribution is -2.30. The summed E-state index contributed by atoms with van der Waals surface area (Å²) >= 11 is 0. The van der Waals surface area contributed by atoms with Crippen LogP contribution >= 0.6 is 0 Å². The molecule has 0 atom stereocenters. The molecule has 1 N–H and O–H groups in total. The fourth-order valence-electron chi connectivity index (χ4n) is 4.56. The van der Waals surface area contributed by atoms with Gasteiger partial charge in [-0.15, -0.1) is 0 Å². The van der Waals surface area contributed by atoms with E-state index in [4.69, 9.17) is 0 Å². The highest BCUT2D eigenvalue weighted by Crippen LogP contribution is 2.33. The van der Waals surface area contributed by atoms with Crippen molar-refractivity contribution in [3.63, 3.8) is 0 Å². The standard InChI is InChI=1S/C27H33N3O/c1-3-29(4-2)27(31)23-12-10-21(11-13-23)20-24-15-14-22-8-5-6-9-25(22)26(24)30-18-7-16-28-17-19-30/h5-6,8-15,28H,3-4,7,16-20H2,1-2H3. The summed E-state index contributed by atoms with van der Waals surface area (Å²) in [6.07, 6.45) is 2.02. The number of nitrogens with one attached hydrogen (secondary N) is 1. The minimum atomic E-state index is 0.111. The highest BCUT2D eigenvalue weighted by molar-refractivity contribution is 5.96. The summed E-state index contributed by atoms with van der Waals surface area (Å²) in [5.74, 6) is 0.111. The van der Waals surface area contributed by atoms with E-state index < -0.39 is 0 Å². The average Bonchev–Trinajstić information content (AvgIpc) is 3.09. The molecule has 4 rings (SSSR count). The van der Waals surface area contributed by atoms with E-state index >= 15 is 0 Å². The minimum Gasteiger partial charge on any atom is -0.369 e. The minimum absolute atomic E-state index is 0.111. The van der Waals surface area contributed by atoms with Crippen molar-refractivity contribution in [1.29, 1.82) is 0 Å². The Morgan fingerprint density at radius 1 is 0.935 bits per heavy atom. The van der Waals surface area contributed by atoms with Gasteiger partial charge in [-0.25, -0.2) is 0 Å². The number of hydrogen-bond acceptors (Lipinski definition) is 3. The summed E-state index contributed by atoms with van der Waals surface area (Å²) in [6, 6.07) is 21.4. The topological polar surface area (TPSA) is 35.6 Å². The van der Waals surface area contributed by atoms with Gasteiger partial charge in [0.05, 0.1) is 0 Å². The van der Waals surface area contributed by atoms with E-state index in [-0.39, 0.29) is 5.91 Å². The molecule has 1 aliphatic heterocycles. The van der Waals surface area contributed by atoms with E-state index in [0.29, 0.717) is 0 Å². The number of fused-ring (bicyclic) bond motifs is 1. The molecule has 0 radical (unpaired) electrons. The molecule has 0 bridgehead atoms. The van der Waals surface area contributed by atoms with E-state index in [1.807, 2.05) is 30.9 Å². The van der Waals surface area contributed by atoms with Crippen LogP contribution in [0, 0.1) is 0 Å². The summed E-state index contributed by atoms with van der Waals surface area (Å²) in [6.45, 7) is 9.72. The van der Waals surface area contributed by atoms with Gasteiger partial charge in [-0.05, 0) is 61.9 Å². The molecule has 1 fully saturated rings. The first-order chi connectivity index (χ1) is 15.2. The first-order valence-corrected chi connectivity index (χ1v) is 11.6. The van der Waals surface area contributed by atoms with Crippen molar-refractivity contribution in [2.24, 2.45) is 0 Å². The van der Waals surface area contributed by atoms with Crippen LogP contribution in [0.5, 0.6) is 0 Å². The summed E-state index contributed by atoms with van der Waals surface area (Å²) < 4.78 is 0. The Bertz CT molecular complexity index is 1020. The second kappa shape index (κ2) is 9.97. The second-order valence-corrected chi connectivity index (χ2v) is 8.24. The van der Waals surface area contributed by atoms with Crippen molar-refractivity contribution in [3.05, 3.63) is 77.4 Å². The van der Waals surface area contributed by atoms with Crippen LogP contribution in [0.15, 0.2) is 60.7 Å². The predicted octanol–water partition coefficient (Wildman–Crippen LogP) is 4.71. The predicted molar refractivity (Wildman–Crippen MR) is 130 cm³/mol. The van der Waals surface area contributed by atoms with E-state index in [0.717, 1.165) is 57.7 Å². The van der Waals surface area contributed by atoms with Gasteiger partial charge >= 0.3 is 0 Å². The lowest BCUT2D eigenvalue weighted by molar-refractivity contribution is 0.0773. The average molecular weight is 416 g/mol. The molecule has 4 heteroatoms. The Kier molecular flexibility index (Phi) is 6.88. The van der Waals surface area contributed by atoms with Gasteiger partial charge in [-0.2, -0.15) is 0 Å². The van der Waals surface area contributed by atoms with Crippen LogP contribution in [-0.4, -0.2) is 50.1 Å². The van der Waals surface area contributed by atoms with Crippen molar-refractivity contribution in [3.8, 4) is 0 Å². The third kappa shape index (κ3) is 4.75. The van der Waals surface area contributed by atoms with Crippen LogP contribution in [0.3, 0.4) is 0 Å². The van der Waals surface area contributed by atoms with E-state index in [9.17, 15) is 4.79 Å². The van der Waals surface area contributed by atoms with Gasteiger partial charge in [0.1, 0.15) is 0 Å². The third-order valence-corrected chi connectivity index (χ3v) is 6.29. The van der Waals surface area contributed by atoms with Crippen molar-refractivity contribution in [2.45, 2.75) is 26.7 Å². The molecule has 3 aromatic carbocycles. The van der Waals surface area contributed by atoms with E-state index in [2.05, 4.69) is 58.7 Å². The third-order valence-electron chi connectivity index (χ3n) is 6.29. The number of carbonyl (C=O) groups excluding carboxylic acids is 1. The van der Waals surface area contributed by atoms with Gasteiger partial charge in [-0.3, -0.25) is 4.79 Å². The summed E-state index contributed by atoms with van der Waals surface area (Å²) in [7, 11) is 0. The van der Waals surface area contributed by atoms with Crippen LogP contribution in [0.25, 0.3) is 10.8 Å². The van der Waals surface area contributed by atoms with Crippen molar-refractivity contribution >= 4 is 22.4 Å². The fraction of sp³-hybridized carbons (Fsp3) is 0.370. The SMILES string of the molecule is CCN(CC)C(=O)c1ccc(Cc2ccc3ccccc3c2N2CCCNCC2)cc1. The summed E-state index contributed by atoms with van der Waals surface area (Å²) in [4.78, 5) is 17.0. The molecule has 1 amide bonds. The van der Waals surface area contributed by atoms with Gasteiger partial charge in [-0.1, -0.05) is 48.5 Å². The molecule has 4 nitrogen and oxygen atoms in total. The maximum Gasteiger partial charge on any atom is 0.253 e. The van der Waals surface area contributed by atoms with Gasteiger partial charge < -0.3 is 15.1 Å². The van der Waals surface area contributed by atoms with Crippen LogP contribution in [0.4, 0.5) is 5.69 Å². The Hall–Kier alpha value is -2.85. The molecule has 162 valence electrons. The highest BCUT2D eigenvalue weighted by Gasteiger charge is 2.17. The first kappa shape index (κ1) is 21.4. The molecule has 1 aliphatic rings. The second-order valence-electron chi connectivity index (χ2n) is 8.24. The number of benzene rings is 3. The number of hydrogen-bond donors (Lipinski definition) is 1. The van der Waals surface area contributed by atoms with E-state index in [1.165, 1.54) is 27.6 Å². The van der Waals surface area contributed by atoms with Crippen molar-refractivity contribution in [2.75, 3.05) is 44.2 Å². The lowest BCUT2D eigenvalue weighted by atomic mass is 9.96. The molecule has 0 spiro atoms. The maximum absolute atomic E-state index is 12.6. The fourth-order valence-corrected chi connectivity index (χ4v) is 4.56. The number of rotatable bonds is 6. The zero-order valence-corrected chi connectivity index (χ0v) is 18.7. The highest BCUT2D eigenvalue weighted by atomic mass is 16.2. The molecule has 0 unspecified atom stereocenters. The number of anilines is 1. The Morgan fingerprint density at radius 3 is 2.48 bits per heavy atom. The molecule has 1 saturated heterocycles. The van der Waals surface area contributed by atoms with Crippen molar-refractivity contribution < 1.29 is 4.79 Å². The number of carbonyl (C=O) groups is 1.